The van der Waals surface area contributed by atoms with Crippen molar-refractivity contribution in [1.29, 1.82) is 5.26 Å². The molecule has 0 aromatic heterocycles. The molecule has 2 aliphatic carbocycles. The van der Waals surface area contributed by atoms with E-state index in [-0.39, 0.29) is 0 Å². The van der Waals surface area contributed by atoms with E-state index in [1.807, 2.05) is 6.07 Å². The SMILES string of the molecule is N#CC1(NC(=O)C(CC(F)(F)Cc2ccccc2)NC(=O)N2CCC3(CC2)CC3)CC1. The maximum Gasteiger partial charge on any atom is 0.318 e. The van der Waals surface area contributed by atoms with Gasteiger partial charge in [0.05, 0.1) is 6.07 Å². The predicted octanol–water partition coefficient (Wildman–Crippen LogP) is 3.38. The minimum absolute atomic E-state index is 0.376. The number of hydrogen-bond donors (Lipinski definition) is 2. The van der Waals surface area contributed by atoms with Crippen LogP contribution in [0.25, 0.3) is 0 Å². The molecular formula is C23H28F2N4O2. The molecule has 31 heavy (non-hydrogen) atoms. The Hall–Kier alpha value is -2.69. The van der Waals surface area contributed by atoms with Gasteiger partial charge in [-0.2, -0.15) is 5.26 Å². The molecule has 8 heteroatoms. The van der Waals surface area contributed by atoms with Crippen LogP contribution in [0, 0.1) is 16.7 Å². The molecule has 1 heterocycles. The fourth-order valence-electron chi connectivity index (χ4n) is 4.29. The summed E-state index contributed by atoms with van der Waals surface area (Å²) < 4.78 is 29.7. The lowest BCUT2D eigenvalue weighted by molar-refractivity contribution is -0.126. The fraction of sp³-hybridized carbons (Fsp3) is 0.609. The molecule has 4 rings (SSSR count). The molecule has 1 aliphatic heterocycles. The number of nitrogens with zero attached hydrogens (tertiary/aromatic N) is 2. The van der Waals surface area contributed by atoms with Gasteiger partial charge in [-0.1, -0.05) is 30.3 Å². The molecule has 0 radical (unpaired) electrons. The number of hydrogen-bond acceptors (Lipinski definition) is 3. The van der Waals surface area contributed by atoms with E-state index in [1.165, 1.54) is 12.8 Å². The standard InChI is InChI=1S/C23H28F2N4O2/c24-23(25,14-17-4-2-1-3-5-17)15-18(19(30)28-22(16-26)8-9-22)27-20(31)29-12-10-21(6-7-21)11-13-29/h1-5,18H,6-15H2,(H,27,31)(H,28,30). The Balaban J connectivity index is 1.42. The molecular weight excluding hydrogens is 402 g/mol. The van der Waals surface area contributed by atoms with Crippen LogP contribution in [0.4, 0.5) is 13.6 Å². The summed E-state index contributed by atoms with van der Waals surface area (Å²) >= 11 is 0. The molecule has 1 unspecified atom stereocenters. The lowest BCUT2D eigenvalue weighted by atomic mass is 9.94. The van der Waals surface area contributed by atoms with Crippen molar-refractivity contribution >= 4 is 11.9 Å². The van der Waals surface area contributed by atoms with E-state index >= 15 is 0 Å². The Morgan fingerprint density at radius 1 is 1.10 bits per heavy atom. The molecule has 3 aliphatic rings. The Labute approximate surface area is 181 Å². The van der Waals surface area contributed by atoms with Crippen LogP contribution >= 0.6 is 0 Å². The molecule has 3 fully saturated rings. The van der Waals surface area contributed by atoms with Gasteiger partial charge in [0.1, 0.15) is 11.6 Å². The molecule has 2 saturated carbocycles. The third-order valence-corrected chi connectivity index (χ3v) is 6.82. The van der Waals surface area contributed by atoms with E-state index in [4.69, 9.17) is 0 Å². The van der Waals surface area contributed by atoms with Crippen molar-refractivity contribution in [2.75, 3.05) is 13.1 Å². The average molecular weight is 430 g/mol. The number of likely N-dealkylation sites (tertiary alicyclic amines) is 1. The van der Waals surface area contributed by atoms with E-state index in [0.717, 1.165) is 12.8 Å². The molecule has 1 spiro atoms. The predicted molar refractivity (Wildman–Crippen MR) is 110 cm³/mol. The van der Waals surface area contributed by atoms with Crippen molar-refractivity contribution in [2.45, 2.75) is 68.9 Å². The van der Waals surface area contributed by atoms with Crippen LogP contribution in [0.3, 0.4) is 0 Å². The zero-order valence-corrected chi connectivity index (χ0v) is 17.5. The van der Waals surface area contributed by atoms with Gasteiger partial charge in [-0.25, -0.2) is 13.6 Å². The molecule has 1 aromatic carbocycles. The largest absolute Gasteiger partial charge is 0.336 e. The lowest BCUT2D eigenvalue weighted by Gasteiger charge is -2.34. The summed E-state index contributed by atoms with van der Waals surface area (Å²) in [6.45, 7) is 1.14. The second-order valence-electron chi connectivity index (χ2n) is 9.39. The Morgan fingerprint density at radius 2 is 1.74 bits per heavy atom. The molecule has 3 amide bonds. The van der Waals surface area contributed by atoms with E-state index in [0.29, 0.717) is 36.9 Å². The molecule has 6 nitrogen and oxygen atoms in total. The number of amides is 3. The fourth-order valence-corrected chi connectivity index (χ4v) is 4.29. The number of rotatable bonds is 7. The van der Waals surface area contributed by atoms with Crippen LogP contribution in [0.15, 0.2) is 30.3 Å². The van der Waals surface area contributed by atoms with E-state index in [1.54, 1.807) is 35.2 Å². The van der Waals surface area contributed by atoms with Gasteiger partial charge in [0.25, 0.3) is 5.92 Å². The van der Waals surface area contributed by atoms with Crippen LogP contribution < -0.4 is 10.6 Å². The summed E-state index contributed by atoms with van der Waals surface area (Å²) in [4.78, 5) is 27.2. The topological polar surface area (TPSA) is 85.2 Å². The van der Waals surface area contributed by atoms with E-state index in [9.17, 15) is 23.6 Å². The zero-order chi connectivity index (χ0) is 22.1. The first-order chi connectivity index (χ1) is 14.7. The van der Waals surface area contributed by atoms with E-state index in [2.05, 4.69) is 10.6 Å². The van der Waals surface area contributed by atoms with Crippen molar-refractivity contribution in [1.82, 2.24) is 15.5 Å². The number of halogens is 2. The van der Waals surface area contributed by atoms with Gasteiger partial charge in [0, 0.05) is 25.9 Å². The van der Waals surface area contributed by atoms with Gasteiger partial charge in [0.2, 0.25) is 5.91 Å². The van der Waals surface area contributed by atoms with Crippen LogP contribution in [0.1, 0.15) is 50.5 Å². The number of nitriles is 1. The zero-order valence-electron chi connectivity index (χ0n) is 17.5. The highest BCUT2D eigenvalue weighted by molar-refractivity contribution is 5.88. The summed E-state index contributed by atoms with van der Waals surface area (Å²) in [5, 5.41) is 14.4. The van der Waals surface area contributed by atoms with E-state index < -0.39 is 42.3 Å². The molecule has 2 N–H and O–H groups in total. The maximum atomic E-state index is 14.8. The van der Waals surface area contributed by atoms with Gasteiger partial charge in [-0.3, -0.25) is 4.79 Å². The monoisotopic (exact) mass is 430 g/mol. The Bertz CT molecular complexity index is 865. The number of piperidine rings is 1. The second kappa shape index (κ2) is 8.10. The highest BCUT2D eigenvalue weighted by atomic mass is 19.3. The number of benzene rings is 1. The smallest absolute Gasteiger partial charge is 0.318 e. The maximum absolute atomic E-state index is 14.8. The van der Waals surface area contributed by atoms with Gasteiger partial charge < -0.3 is 15.5 Å². The number of carbonyl (C=O) groups is 2. The third kappa shape index (κ3) is 5.33. The van der Waals surface area contributed by atoms with Gasteiger partial charge >= 0.3 is 6.03 Å². The highest BCUT2D eigenvalue weighted by Crippen LogP contribution is 2.53. The third-order valence-electron chi connectivity index (χ3n) is 6.82. The van der Waals surface area contributed by atoms with Gasteiger partial charge in [-0.15, -0.1) is 0 Å². The summed E-state index contributed by atoms with van der Waals surface area (Å²) in [7, 11) is 0. The quantitative estimate of drug-likeness (QED) is 0.695. The summed E-state index contributed by atoms with van der Waals surface area (Å²) in [6, 6.07) is 8.47. The number of nitrogens with one attached hydrogen (secondary N) is 2. The molecule has 166 valence electrons. The minimum atomic E-state index is -3.19. The first kappa shape index (κ1) is 21.5. The van der Waals surface area contributed by atoms with Crippen molar-refractivity contribution < 1.29 is 18.4 Å². The highest BCUT2D eigenvalue weighted by Gasteiger charge is 2.48. The van der Waals surface area contributed by atoms with Crippen LogP contribution in [0.2, 0.25) is 0 Å². The number of alkyl halides is 2. The average Bonchev–Trinajstić information content (AvgIpc) is 3.67. The van der Waals surface area contributed by atoms with Crippen molar-refractivity contribution in [2.24, 2.45) is 5.41 Å². The molecule has 1 atom stereocenters. The number of carbonyl (C=O) groups excluding carboxylic acids is 2. The second-order valence-corrected chi connectivity index (χ2v) is 9.39. The Kier molecular flexibility index (Phi) is 5.63. The summed E-state index contributed by atoms with van der Waals surface area (Å²) in [5.74, 6) is -3.92. The first-order valence-corrected chi connectivity index (χ1v) is 10.9. The van der Waals surface area contributed by atoms with Crippen molar-refractivity contribution in [3.8, 4) is 6.07 Å². The van der Waals surface area contributed by atoms with Crippen LogP contribution in [-0.2, 0) is 11.2 Å². The van der Waals surface area contributed by atoms with Gasteiger partial charge in [0.15, 0.2) is 0 Å². The lowest BCUT2D eigenvalue weighted by Crippen LogP contribution is -2.56. The molecule has 1 aromatic rings. The molecule has 1 saturated heterocycles. The summed E-state index contributed by atoms with van der Waals surface area (Å²) in [6.07, 6.45) is 3.85. The van der Waals surface area contributed by atoms with Crippen molar-refractivity contribution in [3.05, 3.63) is 35.9 Å². The van der Waals surface area contributed by atoms with Crippen LogP contribution in [-0.4, -0.2) is 47.4 Å². The number of urea groups is 1. The summed E-state index contributed by atoms with van der Waals surface area (Å²) in [5.41, 5.74) is -0.154. The van der Waals surface area contributed by atoms with Crippen LogP contribution in [0.5, 0.6) is 0 Å². The normalized spacial score (nSPS) is 21.6. The van der Waals surface area contributed by atoms with Crippen molar-refractivity contribution in [3.63, 3.8) is 0 Å². The Morgan fingerprint density at radius 3 is 2.29 bits per heavy atom. The first-order valence-electron chi connectivity index (χ1n) is 10.9. The minimum Gasteiger partial charge on any atom is -0.336 e. The molecule has 0 bridgehead atoms. The van der Waals surface area contributed by atoms with Gasteiger partial charge in [-0.05, 0) is 49.5 Å².